The van der Waals surface area contributed by atoms with Gasteiger partial charge in [-0.15, -0.1) is 0 Å². The fraction of sp³-hybridized carbons (Fsp3) is 0.542. The minimum absolute atomic E-state index is 0.0992. The number of carbonyl (C=O) groups is 1. The molecule has 1 saturated carbocycles. The van der Waals surface area contributed by atoms with Crippen LogP contribution in [0.2, 0.25) is 0 Å². The van der Waals surface area contributed by atoms with E-state index >= 15 is 0 Å². The molecule has 2 amide bonds. The molecule has 2 aliphatic rings. The Hall–Kier alpha value is -3.04. The lowest BCUT2D eigenvalue weighted by molar-refractivity contribution is -0.136. The van der Waals surface area contributed by atoms with Gasteiger partial charge in [0.15, 0.2) is 0 Å². The lowest BCUT2D eigenvalue weighted by Gasteiger charge is -2.30. The Balaban J connectivity index is 1.31. The number of aromatic nitrogens is 2. The summed E-state index contributed by atoms with van der Waals surface area (Å²) in [6.07, 6.45) is 2.81. The zero-order valence-electron chi connectivity index (χ0n) is 19.5. The number of aryl methyl sites for hydroxylation is 1. The monoisotopic (exact) mass is 476 g/mol. The quantitative estimate of drug-likeness (QED) is 0.567. The van der Waals surface area contributed by atoms with Gasteiger partial charge in [-0.3, -0.25) is 0 Å². The summed E-state index contributed by atoms with van der Waals surface area (Å²) < 4.78 is 39.5. The van der Waals surface area contributed by atoms with Crippen LogP contribution in [0, 0.1) is 0 Å². The van der Waals surface area contributed by atoms with Gasteiger partial charge in [-0.1, -0.05) is 12.1 Å². The van der Waals surface area contributed by atoms with Gasteiger partial charge >= 0.3 is 12.2 Å². The molecule has 3 N–H and O–H groups in total. The molecule has 34 heavy (non-hydrogen) atoms. The van der Waals surface area contributed by atoms with Crippen LogP contribution in [0.25, 0.3) is 0 Å². The Morgan fingerprint density at radius 3 is 2.38 bits per heavy atom. The largest absolute Gasteiger partial charge is 0.418 e. The number of benzene rings is 1. The first kappa shape index (κ1) is 24.1. The third-order valence-corrected chi connectivity index (χ3v) is 6.46. The van der Waals surface area contributed by atoms with Gasteiger partial charge in [0.1, 0.15) is 5.82 Å². The van der Waals surface area contributed by atoms with Gasteiger partial charge in [0.25, 0.3) is 0 Å². The number of hydrogen-bond acceptors (Lipinski definition) is 5. The third-order valence-electron chi connectivity index (χ3n) is 6.46. The van der Waals surface area contributed by atoms with Crippen LogP contribution in [-0.2, 0) is 19.0 Å². The summed E-state index contributed by atoms with van der Waals surface area (Å²) in [7, 11) is 3.99. The molecule has 0 unspecified atom stereocenters. The molecule has 2 aromatic rings. The van der Waals surface area contributed by atoms with Crippen molar-refractivity contribution in [2.75, 3.05) is 29.6 Å². The predicted octanol–water partition coefficient (Wildman–Crippen LogP) is 4.99. The van der Waals surface area contributed by atoms with Crippen LogP contribution >= 0.6 is 0 Å². The maximum Gasteiger partial charge on any atom is 0.418 e. The number of anilines is 3. The standard InChI is InChI=1S/C24H31F3N6O/c1-33(2)21-17-7-3-5-9-19(17)30-22(32-21)28-15-11-13-16(14-12-15)29-23(34)31-20-10-6-4-8-18(20)24(25,26)27/h4,6,8,10,15-16H,3,5,7,9,11-14H2,1-2H3,(H,28,30,32)(H2,29,31,34)/t15-,16+. The third kappa shape index (κ3) is 5.71. The van der Waals surface area contributed by atoms with Crippen LogP contribution < -0.4 is 20.9 Å². The maximum absolute atomic E-state index is 13.2. The second-order valence-electron chi connectivity index (χ2n) is 9.23. The van der Waals surface area contributed by atoms with E-state index < -0.39 is 17.8 Å². The molecule has 0 radical (unpaired) electrons. The molecule has 0 atom stereocenters. The predicted molar refractivity (Wildman–Crippen MR) is 126 cm³/mol. The number of urea groups is 1. The van der Waals surface area contributed by atoms with Crippen LogP contribution in [0.5, 0.6) is 0 Å². The number of hydrogen-bond donors (Lipinski definition) is 3. The summed E-state index contributed by atoms with van der Waals surface area (Å²) in [6.45, 7) is 0. The van der Waals surface area contributed by atoms with E-state index in [9.17, 15) is 18.0 Å². The van der Waals surface area contributed by atoms with Gasteiger partial charge < -0.3 is 20.9 Å². The number of halogens is 3. The van der Waals surface area contributed by atoms with Crippen LogP contribution in [0.15, 0.2) is 24.3 Å². The number of carbonyl (C=O) groups excluding carboxylic acids is 1. The fourth-order valence-electron chi connectivity index (χ4n) is 4.76. The Morgan fingerprint density at radius 2 is 1.68 bits per heavy atom. The molecule has 0 saturated heterocycles. The van der Waals surface area contributed by atoms with Crippen molar-refractivity contribution >= 4 is 23.5 Å². The van der Waals surface area contributed by atoms with E-state index in [0.717, 1.165) is 68.9 Å². The van der Waals surface area contributed by atoms with E-state index in [1.165, 1.54) is 23.8 Å². The Labute approximate surface area is 197 Å². The van der Waals surface area contributed by atoms with Gasteiger partial charge in [0.2, 0.25) is 5.95 Å². The molecule has 7 nitrogen and oxygen atoms in total. The van der Waals surface area contributed by atoms with E-state index in [0.29, 0.717) is 5.95 Å². The number of fused-ring (bicyclic) bond motifs is 1. The first-order chi connectivity index (χ1) is 16.2. The highest BCUT2D eigenvalue weighted by molar-refractivity contribution is 5.90. The molecule has 1 fully saturated rings. The lowest BCUT2D eigenvalue weighted by atomic mass is 9.91. The van der Waals surface area contributed by atoms with Crippen LogP contribution in [-0.4, -0.2) is 42.2 Å². The molecule has 10 heteroatoms. The number of nitrogens with zero attached hydrogens (tertiary/aromatic N) is 3. The van der Waals surface area contributed by atoms with Crippen molar-refractivity contribution in [2.45, 2.75) is 69.6 Å². The number of amides is 2. The van der Waals surface area contributed by atoms with Crippen molar-refractivity contribution < 1.29 is 18.0 Å². The van der Waals surface area contributed by atoms with Gasteiger partial charge in [-0.25, -0.2) is 9.78 Å². The van der Waals surface area contributed by atoms with Crippen LogP contribution in [0.3, 0.4) is 0 Å². The Morgan fingerprint density at radius 1 is 1.00 bits per heavy atom. The summed E-state index contributed by atoms with van der Waals surface area (Å²) in [5, 5.41) is 8.62. The van der Waals surface area contributed by atoms with E-state index in [2.05, 4.69) is 16.0 Å². The van der Waals surface area contributed by atoms with Gasteiger partial charge in [0, 0.05) is 31.7 Å². The minimum atomic E-state index is -4.53. The normalized spacial score (nSPS) is 20.3. The summed E-state index contributed by atoms with van der Waals surface area (Å²) in [5.74, 6) is 1.61. The van der Waals surface area contributed by atoms with Crippen molar-refractivity contribution in [3.05, 3.63) is 41.1 Å². The number of rotatable bonds is 5. The second-order valence-corrected chi connectivity index (χ2v) is 9.23. The zero-order chi connectivity index (χ0) is 24.3. The van der Waals surface area contributed by atoms with Crippen molar-refractivity contribution in [3.63, 3.8) is 0 Å². The van der Waals surface area contributed by atoms with E-state index in [4.69, 9.17) is 9.97 Å². The fourth-order valence-corrected chi connectivity index (χ4v) is 4.76. The average Bonchev–Trinajstić information content (AvgIpc) is 2.79. The highest BCUT2D eigenvalue weighted by Crippen LogP contribution is 2.34. The summed E-state index contributed by atoms with van der Waals surface area (Å²) in [5.41, 5.74) is 1.26. The summed E-state index contributed by atoms with van der Waals surface area (Å²) >= 11 is 0. The average molecular weight is 477 g/mol. The minimum Gasteiger partial charge on any atom is -0.362 e. The highest BCUT2D eigenvalue weighted by Gasteiger charge is 2.34. The Kier molecular flexibility index (Phi) is 7.13. The van der Waals surface area contributed by atoms with Crippen molar-refractivity contribution in [1.82, 2.24) is 15.3 Å². The van der Waals surface area contributed by atoms with Crippen molar-refractivity contribution in [3.8, 4) is 0 Å². The second kappa shape index (κ2) is 10.1. The SMILES string of the molecule is CN(C)c1nc(N[C@H]2CC[C@@H](NC(=O)Nc3ccccc3C(F)(F)F)CC2)nc2c1CCCC2. The smallest absolute Gasteiger partial charge is 0.362 e. The van der Waals surface area contributed by atoms with Gasteiger partial charge in [-0.05, 0) is 63.5 Å². The van der Waals surface area contributed by atoms with E-state index in [-0.39, 0.29) is 17.8 Å². The lowest BCUT2D eigenvalue weighted by Crippen LogP contribution is -2.42. The van der Waals surface area contributed by atoms with Crippen LogP contribution in [0.4, 0.5) is 35.4 Å². The molecule has 0 bridgehead atoms. The molecular weight excluding hydrogens is 445 g/mol. The summed E-state index contributed by atoms with van der Waals surface area (Å²) in [6, 6.07) is 4.43. The number of alkyl halides is 3. The van der Waals surface area contributed by atoms with Crippen molar-refractivity contribution in [2.24, 2.45) is 0 Å². The highest BCUT2D eigenvalue weighted by atomic mass is 19.4. The molecular formula is C24H31F3N6O. The topological polar surface area (TPSA) is 82.2 Å². The van der Waals surface area contributed by atoms with Crippen LogP contribution in [0.1, 0.15) is 55.3 Å². The van der Waals surface area contributed by atoms with E-state index in [1.807, 2.05) is 19.0 Å². The Bertz CT molecular complexity index is 1020. The van der Waals surface area contributed by atoms with E-state index in [1.54, 1.807) is 0 Å². The maximum atomic E-state index is 13.2. The molecule has 1 aromatic carbocycles. The zero-order valence-corrected chi connectivity index (χ0v) is 19.5. The molecule has 1 aromatic heterocycles. The van der Waals surface area contributed by atoms with Crippen molar-refractivity contribution in [1.29, 1.82) is 0 Å². The molecule has 1 heterocycles. The number of nitrogens with one attached hydrogen (secondary N) is 3. The van der Waals surface area contributed by atoms with Gasteiger partial charge in [-0.2, -0.15) is 18.2 Å². The molecule has 0 aliphatic heterocycles. The molecule has 2 aliphatic carbocycles. The summed E-state index contributed by atoms with van der Waals surface area (Å²) in [4.78, 5) is 23.9. The molecule has 184 valence electrons. The molecule has 0 spiro atoms. The first-order valence-electron chi connectivity index (χ1n) is 11.8. The first-order valence-corrected chi connectivity index (χ1v) is 11.8. The molecule has 4 rings (SSSR count). The number of para-hydroxylation sites is 1. The van der Waals surface area contributed by atoms with Gasteiger partial charge in [0.05, 0.1) is 16.9 Å².